The highest BCUT2D eigenvalue weighted by molar-refractivity contribution is 5.31. The molecular weight excluding hydrogens is 241 g/mol. The van der Waals surface area contributed by atoms with Crippen LogP contribution in [0.4, 0.5) is 4.39 Å². The number of hydrogen-bond donors (Lipinski definition) is 1. The van der Waals surface area contributed by atoms with Gasteiger partial charge in [-0.25, -0.2) is 4.39 Å². The van der Waals surface area contributed by atoms with E-state index in [1.165, 1.54) is 45.3 Å². The van der Waals surface area contributed by atoms with E-state index in [9.17, 15) is 4.39 Å². The molecule has 1 aliphatic rings. The van der Waals surface area contributed by atoms with Crippen molar-refractivity contribution in [3.05, 3.63) is 29.6 Å². The largest absolute Gasteiger partial charge is 0.494 e. The minimum Gasteiger partial charge on any atom is -0.494 e. The van der Waals surface area contributed by atoms with E-state index in [1.807, 2.05) is 6.07 Å². The summed E-state index contributed by atoms with van der Waals surface area (Å²) in [5.74, 6) is 0.447. The Morgan fingerprint density at radius 1 is 1.16 bits per heavy atom. The van der Waals surface area contributed by atoms with E-state index in [0.717, 1.165) is 18.4 Å². The Morgan fingerprint density at radius 3 is 2.37 bits per heavy atom. The highest BCUT2D eigenvalue weighted by atomic mass is 19.1. The summed E-state index contributed by atoms with van der Waals surface area (Å²) in [5.41, 5.74) is 7.24. The van der Waals surface area contributed by atoms with Crippen LogP contribution in [-0.4, -0.2) is 7.11 Å². The minimum absolute atomic E-state index is 0.0569. The predicted molar refractivity (Wildman–Crippen MR) is 75.7 cm³/mol. The van der Waals surface area contributed by atoms with E-state index in [1.54, 1.807) is 6.07 Å². The van der Waals surface area contributed by atoms with E-state index >= 15 is 0 Å². The van der Waals surface area contributed by atoms with Gasteiger partial charge in [0.1, 0.15) is 0 Å². The lowest BCUT2D eigenvalue weighted by Gasteiger charge is -2.26. The second-order valence-corrected chi connectivity index (χ2v) is 5.52. The fourth-order valence-electron chi connectivity index (χ4n) is 3.01. The van der Waals surface area contributed by atoms with Gasteiger partial charge in [-0.15, -0.1) is 0 Å². The van der Waals surface area contributed by atoms with Crippen LogP contribution in [0.15, 0.2) is 18.2 Å². The van der Waals surface area contributed by atoms with Gasteiger partial charge in [-0.3, -0.25) is 0 Å². The number of rotatable bonds is 3. The molecule has 0 aliphatic heterocycles. The summed E-state index contributed by atoms with van der Waals surface area (Å²) in [5, 5.41) is 0. The van der Waals surface area contributed by atoms with E-state index in [4.69, 9.17) is 10.5 Å². The van der Waals surface area contributed by atoms with E-state index in [0.29, 0.717) is 5.92 Å². The highest BCUT2D eigenvalue weighted by Crippen LogP contribution is 2.32. The number of hydrogen-bond acceptors (Lipinski definition) is 2. The maximum atomic E-state index is 13.7. The van der Waals surface area contributed by atoms with Gasteiger partial charge in [-0.2, -0.15) is 0 Å². The summed E-state index contributed by atoms with van der Waals surface area (Å²) in [6.45, 7) is 0. The molecule has 0 spiro atoms. The van der Waals surface area contributed by atoms with Crippen LogP contribution in [0, 0.1) is 11.7 Å². The van der Waals surface area contributed by atoms with Crippen molar-refractivity contribution in [3.63, 3.8) is 0 Å². The molecule has 0 radical (unpaired) electrons. The molecule has 0 amide bonds. The molecule has 2 rings (SSSR count). The van der Waals surface area contributed by atoms with Crippen molar-refractivity contribution in [2.45, 2.75) is 51.0 Å². The zero-order valence-corrected chi connectivity index (χ0v) is 11.7. The van der Waals surface area contributed by atoms with Crippen LogP contribution in [0.5, 0.6) is 5.75 Å². The Kier molecular flexibility index (Phi) is 5.20. The van der Waals surface area contributed by atoms with Gasteiger partial charge in [-0.1, -0.05) is 38.2 Å². The van der Waals surface area contributed by atoms with Crippen LogP contribution in [0.25, 0.3) is 0 Å². The third kappa shape index (κ3) is 3.69. The molecule has 1 fully saturated rings. The van der Waals surface area contributed by atoms with Crippen molar-refractivity contribution in [3.8, 4) is 5.75 Å². The van der Waals surface area contributed by atoms with Gasteiger partial charge in [0.05, 0.1) is 7.11 Å². The summed E-state index contributed by atoms with van der Waals surface area (Å²) >= 11 is 0. The van der Waals surface area contributed by atoms with Crippen molar-refractivity contribution in [2.24, 2.45) is 11.7 Å². The molecule has 3 heteroatoms. The Hall–Kier alpha value is -1.09. The van der Waals surface area contributed by atoms with Gasteiger partial charge >= 0.3 is 0 Å². The molecule has 1 unspecified atom stereocenters. The van der Waals surface area contributed by atoms with Crippen LogP contribution in [0.2, 0.25) is 0 Å². The average molecular weight is 265 g/mol. The Morgan fingerprint density at radius 2 is 1.79 bits per heavy atom. The number of nitrogens with two attached hydrogens (primary N) is 1. The maximum absolute atomic E-state index is 13.7. The SMILES string of the molecule is COc1ccc(C(N)C2CCCCCCC2)cc1F. The summed E-state index contributed by atoms with van der Waals surface area (Å²) in [6, 6.07) is 5.04. The summed E-state index contributed by atoms with van der Waals surface area (Å²) in [4.78, 5) is 0. The molecule has 0 heterocycles. The highest BCUT2D eigenvalue weighted by Gasteiger charge is 2.21. The van der Waals surface area contributed by atoms with Crippen LogP contribution in [0.3, 0.4) is 0 Å². The van der Waals surface area contributed by atoms with Gasteiger partial charge < -0.3 is 10.5 Å². The van der Waals surface area contributed by atoms with Crippen LogP contribution in [-0.2, 0) is 0 Å². The minimum atomic E-state index is -0.318. The zero-order chi connectivity index (χ0) is 13.7. The summed E-state index contributed by atoms with van der Waals surface area (Å²) in [6.07, 6.45) is 8.77. The molecule has 1 aliphatic carbocycles. The molecule has 1 atom stereocenters. The van der Waals surface area contributed by atoms with Crippen molar-refractivity contribution >= 4 is 0 Å². The molecule has 1 aromatic carbocycles. The van der Waals surface area contributed by atoms with E-state index in [2.05, 4.69) is 0 Å². The van der Waals surface area contributed by atoms with Crippen molar-refractivity contribution in [1.82, 2.24) is 0 Å². The van der Waals surface area contributed by atoms with E-state index < -0.39 is 0 Å². The number of benzene rings is 1. The summed E-state index contributed by atoms with van der Waals surface area (Å²) < 4.78 is 18.7. The predicted octanol–water partition coefficient (Wildman–Crippen LogP) is 4.19. The Labute approximate surface area is 115 Å². The third-order valence-corrected chi connectivity index (χ3v) is 4.22. The molecule has 2 nitrogen and oxygen atoms in total. The first kappa shape index (κ1) is 14.3. The van der Waals surface area contributed by atoms with Crippen molar-refractivity contribution in [1.29, 1.82) is 0 Å². The molecule has 0 bridgehead atoms. The molecule has 19 heavy (non-hydrogen) atoms. The average Bonchev–Trinajstić information content (AvgIpc) is 2.37. The van der Waals surface area contributed by atoms with E-state index in [-0.39, 0.29) is 17.6 Å². The number of methoxy groups -OCH3 is 1. The molecule has 2 N–H and O–H groups in total. The fraction of sp³-hybridized carbons (Fsp3) is 0.625. The first-order chi connectivity index (χ1) is 9.22. The molecule has 0 saturated heterocycles. The van der Waals surface area contributed by atoms with Gasteiger partial charge in [0.25, 0.3) is 0 Å². The molecule has 1 aromatic rings. The molecule has 1 saturated carbocycles. The van der Waals surface area contributed by atoms with Crippen molar-refractivity contribution in [2.75, 3.05) is 7.11 Å². The second-order valence-electron chi connectivity index (χ2n) is 5.52. The van der Waals surface area contributed by atoms with Gasteiger partial charge in [-0.05, 0) is 36.5 Å². The lowest BCUT2D eigenvalue weighted by molar-refractivity contribution is 0.326. The zero-order valence-electron chi connectivity index (χ0n) is 11.7. The van der Waals surface area contributed by atoms with Crippen LogP contribution < -0.4 is 10.5 Å². The normalized spacial score (nSPS) is 19.5. The van der Waals surface area contributed by atoms with Crippen molar-refractivity contribution < 1.29 is 9.13 Å². The van der Waals surface area contributed by atoms with Gasteiger partial charge in [0, 0.05) is 6.04 Å². The maximum Gasteiger partial charge on any atom is 0.165 e. The molecule has 106 valence electrons. The lowest BCUT2D eigenvalue weighted by Crippen LogP contribution is -2.22. The number of halogens is 1. The smallest absolute Gasteiger partial charge is 0.165 e. The first-order valence-corrected chi connectivity index (χ1v) is 7.31. The number of ether oxygens (including phenoxy) is 1. The lowest BCUT2D eigenvalue weighted by atomic mass is 9.83. The second kappa shape index (κ2) is 6.90. The van der Waals surface area contributed by atoms with Crippen LogP contribution >= 0.6 is 0 Å². The topological polar surface area (TPSA) is 35.2 Å². The van der Waals surface area contributed by atoms with Crippen LogP contribution in [0.1, 0.15) is 56.6 Å². The van der Waals surface area contributed by atoms with Gasteiger partial charge in [0.15, 0.2) is 11.6 Å². The monoisotopic (exact) mass is 265 g/mol. The quantitative estimate of drug-likeness (QED) is 0.889. The fourth-order valence-corrected chi connectivity index (χ4v) is 3.01. The first-order valence-electron chi connectivity index (χ1n) is 7.31. The summed E-state index contributed by atoms with van der Waals surface area (Å²) in [7, 11) is 1.48. The molecular formula is C16H24FNO. The standard InChI is InChI=1S/C16H24FNO/c1-19-15-10-9-13(11-14(15)17)16(18)12-7-5-3-2-4-6-8-12/h9-12,16H,2-8,18H2,1H3. The third-order valence-electron chi connectivity index (χ3n) is 4.22. The van der Waals surface area contributed by atoms with Gasteiger partial charge in [0.2, 0.25) is 0 Å². The molecule has 0 aromatic heterocycles. The Balaban J connectivity index is 2.08. The Bertz CT molecular complexity index is 400.